The molecule has 1 N–H and O–H groups in total. The molecule has 150 valence electrons. The first-order valence-corrected chi connectivity index (χ1v) is 9.62. The van der Waals surface area contributed by atoms with Gasteiger partial charge < -0.3 is 15.0 Å². The molecule has 2 rings (SSSR count). The van der Waals surface area contributed by atoms with E-state index in [1.807, 2.05) is 63.2 Å². The van der Waals surface area contributed by atoms with Gasteiger partial charge in [0.15, 0.2) is 0 Å². The van der Waals surface area contributed by atoms with Crippen molar-refractivity contribution >= 4 is 11.8 Å². The molecule has 5 nitrogen and oxygen atoms in total. The maximum atomic E-state index is 13.1. The van der Waals surface area contributed by atoms with Crippen LogP contribution in [0.1, 0.15) is 36.1 Å². The van der Waals surface area contributed by atoms with Crippen LogP contribution in [-0.2, 0) is 22.6 Å². The highest BCUT2D eigenvalue weighted by Crippen LogP contribution is 2.18. The summed E-state index contributed by atoms with van der Waals surface area (Å²) in [6.07, 6.45) is 0.259. The average molecular weight is 383 g/mol. The van der Waals surface area contributed by atoms with Gasteiger partial charge in [0, 0.05) is 13.1 Å². The molecule has 0 spiro atoms. The van der Waals surface area contributed by atoms with Gasteiger partial charge in [0.1, 0.15) is 11.8 Å². The van der Waals surface area contributed by atoms with Crippen LogP contribution in [0.5, 0.6) is 5.75 Å². The molecule has 0 radical (unpaired) electrons. The van der Waals surface area contributed by atoms with E-state index in [-0.39, 0.29) is 18.2 Å². The Kier molecular flexibility index (Phi) is 7.61. The highest BCUT2D eigenvalue weighted by Gasteiger charge is 2.26. The van der Waals surface area contributed by atoms with Gasteiger partial charge in [0.2, 0.25) is 11.8 Å². The fourth-order valence-electron chi connectivity index (χ4n) is 3.06. The molecule has 0 unspecified atom stereocenters. The van der Waals surface area contributed by atoms with Crippen molar-refractivity contribution in [3.05, 3.63) is 64.7 Å². The molecule has 0 heterocycles. The molecule has 0 aliphatic carbocycles. The number of rotatable bonds is 8. The van der Waals surface area contributed by atoms with Crippen molar-refractivity contribution in [2.75, 3.05) is 13.7 Å². The van der Waals surface area contributed by atoms with E-state index in [1.54, 1.807) is 18.9 Å². The normalized spacial score (nSPS) is 11.6. The number of carbonyl (C=O) groups excluding carboxylic acids is 2. The molecule has 0 aliphatic rings. The highest BCUT2D eigenvalue weighted by molar-refractivity contribution is 5.88. The van der Waals surface area contributed by atoms with E-state index in [4.69, 9.17) is 4.74 Å². The van der Waals surface area contributed by atoms with Gasteiger partial charge in [-0.3, -0.25) is 9.59 Å². The van der Waals surface area contributed by atoms with Gasteiger partial charge in [0.25, 0.3) is 0 Å². The Morgan fingerprint density at radius 1 is 1.07 bits per heavy atom. The zero-order valence-electron chi connectivity index (χ0n) is 17.4. The Morgan fingerprint density at radius 2 is 1.82 bits per heavy atom. The van der Waals surface area contributed by atoms with Crippen LogP contribution in [0.15, 0.2) is 42.5 Å². The Morgan fingerprint density at radius 3 is 2.46 bits per heavy atom. The summed E-state index contributed by atoms with van der Waals surface area (Å²) in [7, 11) is 1.61. The lowest BCUT2D eigenvalue weighted by Crippen LogP contribution is -2.48. The van der Waals surface area contributed by atoms with E-state index in [0.717, 1.165) is 22.4 Å². The van der Waals surface area contributed by atoms with Gasteiger partial charge in [-0.05, 0) is 62.1 Å². The molecule has 2 aromatic carbocycles. The largest absolute Gasteiger partial charge is 0.497 e. The second-order valence-corrected chi connectivity index (χ2v) is 7.04. The molecule has 0 saturated heterocycles. The van der Waals surface area contributed by atoms with Crippen molar-refractivity contribution < 1.29 is 14.3 Å². The first-order chi connectivity index (χ1) is 13.3. The summed E-state index contributed by atoms with van der Waals surface area (Å²) in [6.45, 7) is 8.60. The van der Waals surface area contributed by atoms with E-state index in [2.05, 4.69) is 5.32 Å². The summed E-state index contributed by atoms with van der Waals surface area (Å²) in [5.74, 6) is 0.494. The third-order valence-electron chi connectivity index (χ3n) is 4.93. The zero-order chi connectivity index (χ0) is 20.7. The predicted octanol–water partition coefficient (Wildman–Crippen LogP) is 3.41. The van der Waals surface area contributed by atoms with Crippen LogP contribution in [0, 0.1) is 13.8 Å². The van der Waals surface area contributed by atoms with Crippen molar-refractivity contribution in [1.29, 1.82) is 0 Å². The lowest BCUT2D eigenvalue weighted by atomic mass is 10.0. The number of methoxy groups -OCH3 is 1. The predicted molar refractivity (Wildman–Crippen MR) is 111 cm³/mol. The van der Waals surface area contributed by atoms with Crippen molar-refractivity contribution in [2.45, 2.75) is 46.7 Å². The number of carbonyl (C=O) groups is 2. The van der Waals surface area contributed by atoms with Gasteiger partial charge in [-0.25, -0.2) is 0 Å². The number of likely N-dealkylation sites (N-methyl/N-ethyl adjacent to an activating group) is 1. The van der Waals surface area contributed by atoms with Gasteiger partial charge in [-0.2, -0.15) is 0 Å². The van der Waals surface area contributed by atoms with E-state index in [0.29, 0.717) is 13.1 Å². The van der Waals surface area contributed by atoms with Crippen molar-refractivity contribution in [3.8, 4) is 5.75 Å². The quantitative estimate of drug-likeness (QED) is 0.761. The third kappa shape index (κ3) is 5.59. The molecule has 0 aliphatic heterocycles. The van der Waals surface area contributed by atoms with Crippen molar-refractivity contribution in [1.82, 2.24) is 10.2 Å². The monoisotopic (exact) mass is 382 g/mol. The van der Waals surface area contributed by atoms with Crippen LogP contribution >= 0.6 is 0 Å². The van der Waals surface area contributed by atoms with Crippen LogP contribution in [0.3, 0.4) is 0 Å². The number of nitrogens with zero attached hydrogens (tertiary/aromatic N) is 1. The number of amides is 2. The van der Waals surface area contributed by atoms with E-state index < -0.39 is 6.04 Å². The number of hydrogen-bond donors (Lipinski definition) is 1. The zero-order valence-corrected chi connectivity index (χ0v) is 17.4. The first kappa shape index (κ1) is 21.5. The molecule has 5 heteroatoms. The molecule has 0 fully saturated rings. The van der Waals surface area contributed by atoms with Crippen LogP contribution in [0.4, 0.5) is 0 Å². The van der Waals surface area contributed by atoms with Crippen LogP contribution in [0.2, 0.25) is 0 Å². The molecular formula is C23H30N2O3. The first-order valence-electron chi connectivity index (χ1n) is 9.62. The standard InChI is InChI=1S/C23H30N2O3/c1-6-24-23(27)18(4)25(15-20-8-7-9-21(13-20)28-5)22(26)14-19-11-10-16(2)17(3)12-19/h7-13,18H,6,14-15H2,1-5H3,(H,24,27)/t18-/m0/s1. The Hall–Kier alpha value is -2.82. The number of ether oxygens (including phenoxy) is 1. The number of benzene rings is 2. The van der Waals surface area contributed by atoms with Gasteiger partial charge in [0.05, 0.1) is 13.5 Å². The highest BCUT2D eigenvalue weighted by atomic mass is 16.5. The lowest BCUT2D eigenvalue weighted by Gasteiger charge is -2.29. The van der Waals surface area contributed by atoms with Crippen LogP contribution in [-0.4, -0.2) is 36.4 Å². The molecule has 2 amide bonds. The van der Waals surface area contributed by atoms with Gasteiger partial charge in [-0.1, -0.05) is 30.3 Å². The van der Waals surface area contributed by atoms with Gasteiger partial charge >= 0.3 is 0 Å². The number of nitrogens with one attached hydrogen (secondary N) is 1. The smallest absolute Gasteiger partial charge is 0.242 e. The summed E-state index contributed by atoms with van der Waals surface area (Å²) in [4.78, 5) is 27.2. The van der Waals surface area contributed by atoms with Crippen LogP contribution < -0.4 is 10.1 Å². The second-order valence-electron chi connectivity index (χ2n) is 7.04. The van der Waals surface area contributed by atoms with Crippen molar-refractivity contribution in [2.24, 2.45) is 0 Å². The summed E-state index contributed by atoms with van der Waals surface area (Å²) in [5.41, 5.74) is 4.22. The van der Waals surface area contributed by atoms with E-state index in [1.165, 1.54) is 5.56 Å². The molecule has 1 atom stereocenters. The molecule has 0 bridgehead atoms. The SMILES string of the molecule is CCNC(=O)[C@H](C)N(Cc1cccc(OC)c1)C(=O)Cc1ccc(C)c(C)c1. The fraction of sp³-hybridized carbons (Fsp3) is 0.391. The average Bonchev–Trinajstić information content (AvgIpc) is 2.68. The summed E-state index contributed by atoms with van der Waals surface area (Å²) >= 11 is 0. The molecule has 28 heavy (non-hydrogen) atoms. The maximum Gasteiger partial charge on any atom is 0.242 e. The molecule has 0 aromatic heterocycles. The van der Waals surface area contributed by atoms with Crippen molar-refractivity contribution in [3.63, 3.8) is 0 Å². The third-order valence-corrected chi connectivity index (χ3v) is 4.93. The summed E-state index contributed by atoms with van der Waals surface area (Å²) in [5, 5.41) is 2.81. The topological polar surface area (TPSA) is 58.6 Å². The summed E-state index contributed by atoms with van der Waals surface area (Å²) < 4.78 is 5.28. The van der Waals surface area contributed by atoms with Crippen LogP contribution in [0.25, 0.3) is 0 Å². The Bertz CT molecular complexity index is 832. The minimum absolute atomic E-state index is 0.0789. The minimum Gasteiger partial charge on any atom is -0.497 e. The molecule has 2 aromatic rings. The Balaban J connectivity index is 2.26. The summed E-state index contributed by atoms with van der Waals surface area (Å²) in [6, 6.07) is 13.0. The van der Waals surface area contributed by atoms with Gasteiger partial charge in [-0.15, -0.1) is 0 Å². The number of hydrogen-bond acceptors (Lipinski definition) is 3. The Labute approximate surface area is 167 Å². The minimum atomic E-state index is -0.565. The maximum absolute atomic E-state index is 13.1. The van der Waals surface area contributed by atoms with E-state index >= 15 is 0 Å². The van der Waals surface area contributed by atoms with E-state index in [9.17, 15) is 9.59 Å². The fourth-order valence-corrected chi connectivity index (χ4v) is 3.06. The second kappa shape index (κ2) is 9.93. The lowest BCUT2D eigenvalue weighted by molar-refractivity contribution is -0.140. The molecule has 0 saturated carbocycles. The number of aryl methyl sites for hydroxylation is 2. The molecular weight excluding hydrogens is 352 g/mol.